The fourth-order valence-corrected chi connectivity index (χ4v) is 5.93. The van der Waals surface area contributed by atoms with Gasteiger partial charge in [0.25, 0.3) is 0 Å². The SMILES string of the molecule is CC1C[C@@H](C(=O)NCc2cc(-c3cnc(C(F)(F)F)nc3)ncc2C(F)(F)F)N(S(=O)(=O)c2ccc(F)cc2)C1. The summed E-state index contributed by atoms with van der Waals surface area (Å²) in [6.07, 6.45) is -7.64. The lowest BCUT2D eigenvalue weighted by Gasteiger charge is -2.24. The van der Waals surface area contributed by atoms with E-state index in [1.807, 2.05) is 0 Å². The summed E-state index contributed by atoms with van der Waals surface area (Å²) in [4.78, 5) is 22.8. The predicted octanol–water partition coefficient (Wildman–Crippen LogP) is 4.43. The molecule has 4 rings (SSSR count). The Hall–Kier alpha value is -3.66. The monoisotopic (exact) mass is 591 g/mol. The van der Waals surface area contributed by atoms with Gasteiger partial charge in [-0.1, -0.05) is 6.92 Å². The summed E-state index contributed by atoms with van der Waals surface area (Å²) in [5.41, 5.74) is -1.96. The first kappa shape index (κ1) is 29.3. The minimum absolute atomic E-state index is 0.0427. The molecule has 0 spiro atoms. The summed E-state index contributed by atoms with van der Waals surface area (Å²) in [7, 11) is -4.23. The number of halogens is 7. The first-order valence-electron chi connectivity index (χ1n) is 11.6. The lowest BCUT2D eigenvalue weighted by Crippen LogP contribution is -2.45. The number of amides is 1. The molecule has 0 saturated carbocycles. The van der Waals surface area contributed by atoms with Crippen molar-refractivity contribution in [3.8, 4) is 11.3 Å². The molecule has 3 heterocycles. The van der Waals surface area contributed by atoms with E-state index in [0.29, 0.717) is 6.20 Å². The van der Waals surface area contributed by atoms with Gasteiger partial charge in [0, 0.05) is 37.2 Å². The van der Waals surface area contributed by atoms with E-state index in [2.05, 4.69) is 20.3 Å². The van der Waals surface area contributed by atoms with E-state index in [0.717, 1.165) is 47.0 Å². The largest absolute Gasteiger partial charge is 0.451 e. The summed E-state index contributed by atoms with van der Waals surface area (Å²) in [6.45, 7) is 0.961. The maximum absolute atomic E-state index is 13.7. The molecule has 1 saturated heterocycles. The molecule has 1 amide bonds. The Morgan fingerprint density at radius 3 is 2.20 bits per heavy atom. The molecule has 8 nitrogen and oxygen atoms in total. The van der Waals surface area contributed by atoms with Gasteiger partial charge in [-0.2, -0.15) is 30.6 Å². The standard InChI is InChI=1S/C24H20F7N5O3S/c1-13-6-20(36(12-13)40(38,39)17-4-2-16(25)3-5-17)21(37)33-8-14-7-19(32-11-18(14)23(26,27)28)15-9-34-22(35-10-15)24(29,30)31/h2-5,7,9-11,13,20H,6,8,12H2,1H3,(H,33,37)/t13?,20-/m0/s1. The van der Waals surface area contributed by atoms with Crippen molar-refractivity contribution in [3.05, 3.63) is 71.7 Å². The average molecular weight is 592 g/mol. The molecule has 1 aromatic carbocycles. The molecule has 0 radical (unpaired) electrons. The third-order valence-electron chi connectivity index (χ3n) is 6.14. The van der Waals surface area contributed by atoms with Crippen LogP contribution in [0.25, 0.3) is 11.3 Å². The van der Waals surface area contributed by atoms with Gasteiger partial charge in [-0.3, -0.25) is 9.78 Å². The highest BCUT2D eigenvalue weighted by molar-refractivity contribution is 7.89. The van der Waals surface area contributed by atoms with E-state index in [1.54, 1.807) is 6.92 Å². The Kier molecular flexibility index (Phi) is 7.86. The zero-order valence-corrected chi connectivity index (χ0v) is 21.3. The van der Waals surface area contributed by atoms with Gasteiger partial charge in [0.2, 0.25) is 21.8 Å². The van der Waals surface area contributed by atoms with Crippen LogP contribution in [0.4, 0.5) is 30.7 Å². The first-order chi connectivity index (χ1) is 18.6. The van der Waals surface area contributed by atoms with Crippen LogP contribution < -0.4 is 5.32 Å². The van der Waals surface area contributed by atoms with Crippen molar-refractivity contribution < 1.29 is 43.9 Å². The molecule has 0 aliphatic carbocycles. The number of carbonyl (C=O) groups excluding carboxylic acids is 1. The van der Waals surface area contributed by atoms with Crippen molar-refractivity contribution in [1.82, 2.24) is 24.6 Å². The molecule has 1 fully saturated rings. The molecular formula is C24H20F7N5O3S. The number of sulfonamides is 1. The normalized spacial score (nSPS) is 18.6. The third-order valence-corrected chi connectivity index (χ3v) is 8.03. The molecule has 214 valence electrons. The third kappa shape index (κ3) is 6.22. The maximum Gasteiger partial charge on any atom is 0.451 e. The van der Waals surface area contributed by atoms with Crippen molar-refractivity contribution in [2.24, 2.45) is 5.92 Å². The summed E-state index contributed by atoms with van der Waals surface area (Å²) >= 11 is 0. The molecule has 2 atom stereocenters. The van der Waals surface area contributed by atoms with Crippen molar-refractivity contribution in [1.29, 1.82) is 0 Å². The van der Waals surface area contributed by atoms with Gasteiger partial charge < -0.3 is 5.32 Å². The zero-order valence-electron chi connectivity index (χ0n) is 20.5. The number of nitrogens with one attached hydrogen (secondary N) is 1. The number of carbonyl (C=O) groups is 1. The highest BCUT2D eigenvalue weighted by Gasteiger charge is 2.43. The van der Waals surface area contributed by atoms with Crippen LogP contribution in [-0.2, 0) is 33.7 Å². The molecule has 16 heteroatoms. The number of alkyl halides is 6. The van der Waals surface area contributed by atoms with Gasteiger partial charge in [-0.25, -0.2) is 22.8 Å². The number of pyridine rings is 1. The van der Waals surface area contributed by atoms with Crippen LogP contribution in [0.2, 0.25) is 0 Å². The second-order valence-corrected chi connectivity index (χ2v) is 11.0. The lowest BCUT2D eigenvalue weighted by atomic mass is 10.1. The quantitative estimate of drug-likeness (QED) is 0.426. The van der Waals surface area contributed by atoms with Crippen LogP contribution in [0.5, 0.6) is 0 Å². The molecule has 1 aliphatic heterocycles. The van der Waals surface area contributed by atoms with Gasteiger partial charge >= 0.3 is 12.4 Å². The molecule has 1 unspecified atom stereocenters. The van der Waals surface area contributed by atoms with Crippen LogP contribution in [0.15, 0.2) is 53.8 Å². The number of rotatable bonds is 6. The Morgan fingerprint density at radius 2 is 1.62 bits per heavy atom. The summed E-state index contributed by atoms with van der Waals surface area (Å²) in [5.74, 6) is -3.23. The van der Waals surface area contributed by atoms with Crippen LogP contribution in [-0.4, -0.2) is 46.2 Å². The van der Waals surface area contributed by atoms with E-state index in [1.165, 1.54) is 0 Å². The fraction of sp³-hybridized carbons (Fsp3) is 0.333. The van der Waals surface area contributed by atoms with E-state index < -0.39 is 63.6 Å². The van der Waals surface area contributed by atoms with E-state index in [4.69, 9.17) is 0 Å². The van der Waals surface area contributed by atoms with Gasteiger partial charge in [0.05, 0.1) is 16.2 Å². The van der Waals surface area contributed by atoms with Crippen LogP contribution in [0.3, 0.4) is 0 Å². The lowest BCUT2D eigenvalue weighted by molar-refractivity contribution is -0.145. The second kappa shape index (κ2) is 10.7. The smallest absolute Gasteiger partial charge is 0.351 e. The number of hydrogen-bond donors (Lipinski definition) is 1. The topological polar surface area (TPSA) is 105 Å². The van der Waals surface area contributed by atoms with Crippen LogP contribution in [0.1, 0.15) is 30.3 Å². The highest BCUT2D eigenvalue weighted by Crippen LogP contribution is 2.34. The number of nitrogens with zero attached hydrogens (tertiary/aromatic N) is 4. The highest BCUT2D eigenvalue weighted by atomic mass is 32.2. The summed E-state index contributed by atoms with van der Waals surface area (Å²) in [6, 6.07) is 3.66. The Labute approximate surface area is 223 Å². The van der Waals surface area contributed by atoms with Gasteiger partial charge in [-0.15, -0.1) is 0 Å². The van der Waals surface area contributed by atoms with Crippen LogP contribution >= 0.6 is 0 Å². The minimum atomic E-state index is -4.89. The molecule has 3 aromatic rings. The zero-order chi connectivity index (χ0) is 29.5. The van der Waals surface area contributed by atoms with Gasteiger partial charge in [0.1, 0.15) is 11.9 Å². The van der Waals surface area contributed by atoms with Crippen molar-refractivity contribution in [2.75, 3.05) is 6.54 Å². The van der Waals surface area contributed by atoms with Crippen molar-refractivity contribution in [2.45, 2.75) is 43.2 Å². The molecule has 1 aliphatic rings. The molecule has 2 aromatic heterocycles. The number of benzene rings is 1. The Balaban J connectivity index is 1.58. The molecule has 0 bridgehead atoms. The minimum Gasteiger partial charge on any atom is -0.351 e. The first-order valence-corrected chi connectivity index (χ1v) is 13.0. The molecular weight excluding hydrogens is 571 g/mol. The molecule has 1 N–H and O–H groups in total. The second-order valence-electron chi connectivity index (χ2n) is 9.12. The summed E-state index contributed by atoms with van der Waals surface area (Å²) in [5, 5.41) is 2.33. The maximum atomic E-state index is 13.7. The van der Waals surface area contributed by atoms with Gasteiger partial charge in [0.15, 0.2) is 0 Å². The number of aromatic nitrogens is 3. The van der Waals surface area contributed by atoms with Crippen LogP contribution in [0, 0.1) is 11.7 Å². The van der Waals surface area contributed by atoms with E-state index >= 15 is 0 Å². The van der Waals surface area contributed by atoms with E-state index in [9.17, 15) is 43.9 Å². The Morgan fingerprint density at radius 1 is 1.00 bits per heavy atom. The van der Waals surface area contributed by atoms with Gasteiger partial charge in [-0.05, 0) is 48.2 Å². The fourth-order valence-electron chi connectivity index (χ4n) is 4.22. The average Bonchev–Trinajstić information content (AvgIpc) is 3.29. The summed E-state index contributed by atoms with van der Waals surface area (Å²) < 4.78 is 120. The predicted molar refractivity (Wildman–Crippen MR) is 125 cm³/mol. The van der Waals surface area contributed by atoms with Crippen molar-refractivity contribution >= 4 is 15.9 Å². The van der Waals surface area contributed by atoms with Crippen molar-refractivity contribution in [3.63, 3.8) is 0 Å². The Bertz CT molecular complexity index is 1500. The van der Waals surface area contributed by atoms with E-state index in [-0.39, 0.29) is 35.0 Å². The molecule has 40 heavy (non-hydrogen) atoms. The number of hydrogen-bond acceptors (Lipinski definition) is 6.